The molecule has 0 saturated heterocycles. The van der Waals surface area contributed by atoms with Crippen molar-refractivity contribution >= 4 is 34.0 Å². The van der Waals surface area contributed by atoms with Gasteiger partial charge in [0.2, 0.25) is 0 Å². The highest BCUT2D eigenvalue weighted by Gasteiger charge is 2.20. The maximum atomic E-state index is 12.6. The first-order valence-electron chi connectivity index (χ1n) is 19.8. The van der Waals surface area contributed by atoms with Crippen molar-refractivity contribution in [3.63, 3.8) is 0 Å². The van der Waals surface area contributed by atoms with E-state index in [1.807, 2.05) is 101 Å². The molecule has 0 radical (unpaired) electrons. The van der Waals surface area contributed by atoms with E-state index in [1.54, 1.807) is 12.1 Å². The molecule has 0 fully saturated rings. The number of rotatable bonds is 8. The van der Waals surface area contributed by atoms with Gasteiger partial charge in [-0.05, 0) is 121 Å². The van der Waals surface area contributed by atoms with Crippen LogP contribution in [-0.4, -0.2) is 39.7 Å². The van der Waals surface area contributed by atoms with E-state index in [2.05, 4.69) is 63.9 Å². The molecule has 0 unspecified atom stereocenters. The van der Waals surface area contributed by atoms with Crippen LogP contribution >= 0.6 is 12.2 Å². The van der Waals surface area contributed by atoms with Crippen molar-refractivity contribution in [2.24, 2.45) is 7.05 Å². The molecule has 9 nitrogen and oxygen atoms in total. The topological polar surface area (TPSA) is 131 Å². The van der Waals surface area contributed by atoms with Gasteiger partial charge in [-0.15, -0.1) is 0 Å². The van der Waals surface area contributed by atoms with Crippen LogP contribution in [0.3, 0.4) is 0 Å². The average Bonchev–Trinajstić information content (AvgIpc) is 3.97. The minimum absolute atomic E-state index is 0.157. The van der Waals surface area contributed by atoms with Crippen LogP contribution in [0.5, 0.6) is 11.5 Å². The summed E-state index contributed by atoms with van der Waals surface area (Å²) in [4.78, 5) is 12.6. The van der Waals surface area contributed by atoms with Gasteiger partial charge in [0, 0.05) is 64.0 Å². The second-order valence-corrected chi connectivity index (χ2v) is 15.0. The molecule has 0 aliphatic heterocycles. The lowest BCUT2D eigenvalue weighted by Crippen LogP contribution is -2.02. The highest BCUT2D eigenvalue weighted by Crippen LogP contribution is 2.38. The van der Waals surface area contributed by atoms with Crippen LogP contribution in [0.25, 0.3) is 66.6 Å². The van der Waals surface area contributed by atoms with E-state index in [1.165, 1.54) is 22.2 Å². The zero-order valence-electron chi connectivity index (χ0n) is 34.4. The first-order chi connectivity index (χ1) is 27.4. The summed E-state index contributed by atoms with van der Waals surface area (Å²) >= 11 is 5.63. The minimum atomic E-state index is -0.157. The van der Waals surface area contributed by atoms with E-state index in [-0.39, 0.29) is 17.2 Å². The normalized spacial score (nSPS) is 11.2. The Labute approximate surface area is 339 Å². The fraction of sp³-hybridized carbons (Fsp3) is 0.277. The van der Waals surface area contributed by atoms with Gasteiger partial charge in [-0.3, -0.25) is 25.2 Å². The maximum Gasteiger partial charge on any atom is 0.272 e. The van der Waals surface area contributed by atoms with Gasteiger partial charge in [-0.2, -0.15) is 0 Å². The molecule has 0 atom stereocenters. The Morgan fingerprint density at radius 2 is 1.40 bits per heavy atom. The van der Waals surface area contributed by atoms with Crippen molar-refractivity contribution in [2.45, 2.75) is 80.7 Å². The summed E-state index contributed by atoms with van der Waals surface area (Å²) in [6, 6.07) is 25.8. The van der Waals surface area contributed by atoms with Gasteiger partial charge in [0.1, 0.15) is 16.1 Å². The van der Waals surface area contributed by atoms with Crippen LogP contribution in [0.1, 0.15) is 76.3 Å². The van der Waals surface area contributed by atoms with Crippen LogP contribution in [0.4, 0.5) is 0 Å². The van der Waals surface area contributed by atoms with E-state index in [0.29, 0.717) is 16.0 Å². The van der Waals surface area contributed by atoms with Gasteiger partial charge >= 0.3 is 0 Å². The summed E-state index contributed by atoms with van der Waals surface area (Å²) in [5.41, 5.74) is 13.8. The van der Waals surface area contributed by atoms with Crippen LogP contribution in [-0.2, 0) is 20.0 Å². The number of phenolic OH excluding ortho intramolecular Hbond substituents is 2. The average molecular weight is 783 g/mol. The molecule has 6 N–H and O–H groups in total. The number of aromatic hydroxyl groups is 2. The van der Waals surface area contributed by atoms with Gasteiger partial charge in [0.15, 0.2) is 0 Å². The number of fused-ring (bicyclic) bond motifs is 2. The van der Waals surface area contributed by atoms with Crippen LogP contribution in [0.15, 0.2) is 89.9 Å². The highest BCUT2D eigenvalue weighted by atomic mass is 32.1. The summed E-state index contributed by atoms with van der Waals surface area (Å²) < 4.78 is 5.13. The Morgan fingerprint density at radius 3 is 2.11 bits per heavy atom. The lowest BCUT2D eigenvalue weighted by molar-refractivity contribution is 0.465. The number of nitrogens with one attached hydrogen (secondary N) is 4. The summed E-state index contributed by atoms with van der Waals surface area (Å²) in [6.45, 7) is 17.7. The molecule has 0 aliphatic rings. The Hall–Kier alpha value is -6.00. The number of hydrogen-bond acceptors (Lipinski definition) is 4. The zero-order chi connectivity index (χ0) is 41.1. The zero-order valence-corrected chi connectivity index (χ0v) is 35.2. The molecule has 296 valence electrons. The summed E-state index contributed by atoms with van der Waals surface area (Å²) in [5.74, 6) is 0.784. The molecule has 4 aromatic carbocycles. The van der Waals surface area contributed by atoms with Crippen LogP contribution in [0.2, 0.25) is 0 Å². The van der Waals surface area contributed by atoms with E-state index in [9.17, 15) is 15.0 Å². The van der Waals surface area contributed by atoms with Gasteiger partial charge in [0.05, 0.1) is 17.0 Å². The molecule has 0 aliphatic carbocycles. The van der Waals surface area contributed by atoms with Gasteiger partial charge in [-0.25, -0.2) is 0 Å². The van der Waals surface area contributed by atoms with Crippen LogP contribution < -0.4 is 5.56 Å². The number of nitrogens with zero attached hydrogens (tertiary/aromatic N) is 2. The summed E-state index contributed by atoms with van der Waals surface area (Å²) in [7, 11) is 1.99. The number of phenols is 2. The summed E-state index contributed by atoms with van der Waals surface area (Å²) in [5, 5.41) is 34.6. The molecule has 0 amide bonds. The van der Waals surface area contributed by atoms with Crippen molar-refractivity contribution in [1.29, 1.82) is 0 Å². The lowest BCUT2D eigenvalue weighted by atomic mass is 9.95. The molecule has 4 aromatic heterocycles. The van der Waals surface area contributed by atoms with Crippen LogP contribution in [0, 0.1) is 18.5 Å². The second-order valence-electron chi connectivity index (χ2n) is 14.5. The van der Waals surface area contributed by atoms with E-state index in [0.717, 1.165) is 80.6 Å². The Kier molecular flexibility index (Phi) is 12.1. The van der Waals surface area contributed by atoms with E-state index in [4.69, 9.17) is 12.2 Å². The standard InChI is InChI=1S/C24H27N3OS.C21H21N3O2.C2H6/c1-5-11-27-15(4)14(3)19-13-17(7-9-20(19)27)22-23(25-26-24(22)29)18-8-10-21(28)16(6-2)12-18;1-12(2)16-11-13(7-8-18(16)25)20-19(21(26)23-22-20)15-5-4-6-17-14(15)9-10-24(17)3;1-2/h7-10,12-13,28H,5-6,11H2,1-4H3,(H2,25,26,29);4-12,25H,1-3H3,(H2,22,23,26);1-2H3. The molecule has 4 heterocycles. The number of H-pyrrole nitrogens is 4. The third-order valence-corrected chi connectivity index (χ3v) is 11.1. The largest absolute Gasteiger partial charge is 0.508 e. The molecular formula is C47H54N6O3S. The Bertz CT molecular complexity index is 2810. The van der Waals surface area contributed by atoms with Crippen molar-refractivity contribution in [3.8, 4) is 56.3 Å². The Morgan fingerprint density at radius 1 is 0.737 bits per heavy atom. The molecular weight excluding hydrogens is 729 g/mol. The van der Waals surface area contributed by atoms with Gasteiger partial charge in [-0.1, -0.05) is 72.0 Å². The monoisotopic (exact) mass is 782 g/mol. The fourth-order valence-electron chi connectivity index (χ4n) is 7.72. The number of hydrogen-bond donors (Lipinski definition) is 6. The molecule has 8 rings (SSSR count). The predicted octanol–water partition coefficient (Wildman–Crippen LogP) is 12.0. The first kappa shape index (κ1) is 40.7. The van der Waals surface area contributed by atoms with Gasteiger partial charge < -0.3 is 19.3 Å². The predicted molar refractivity (Wildman–Crippen MR) is 239 cm³/mol. The Balaban J connectivity index is 0.000000186. The first-order valence-corrected chi connectivity index (χ1v) is 20.2. The molecule has 0 spiro atoms. The van der Waals surface area contributed by atoms with Gasteiger partial charge in [0.25, 0.3) is 5.56 Å². The quantitative estimate of drug-likeness (QED) is 0.0857. The number of benzene rings is 4. The summed E-state index contributed by atoms with van der Waals surface area (Å²) in [6.07, 6.45) is 3.88. The number of aromatic nitrogens is 6. The highest BCUT2D eigenvalue weighted by molar-refractivity contribution is 7.71. The van der Waals surface area contributed by atoms with Crippen molar-refractivity contribution < 1.29 is 10.2 Å². The maximum absolute atomic E-state index is 12.6. The van der Waals surface area contributed by atoms with E-state index >= 15 is 0 Å². The minimum Gasteiger partial charge on any atom is -0.508 e. The lowest BCUT2D eigenvalue weighted by Gasteiger charge is -2.11. The van der Waals surface area contributed by atoms with E-state index < -0.39 is 0 Å². The SMILES string of the molecule is CC.CC(C)c1cc(-c2[nH][nH]c(=O)c2-c2cccc3c2ccn3C)ccc1O.CCCn1c(C)c(C)c2cc(-c3c(-c4ccc(O)c(CC)c4)[nH][nH]c3=S)ccc21. The third kappa shape index (κ3) is 7.61. The molecule has 0 saturated carbocycles. The van der Waals surface area contributed by atoms with Crippen molar-refractivity contribution in [2.75, 3.05) is 0 Å². The molecule has 10 heteroatoms. The number of aromatic amines is 4. The second kappa shape index (κ2) is 17.0. The van der Waals surface area contributed by atoms with Crippen molar-refractivity contribution in [3.05, 3.63) is 122 Å². The molecule has 57 heavy (non-hydrogen) atoms. The molecule has 8 aromatic rings. The fourth-order valence-corrected chi connectivity index (χ4v) is 7.99. The number of aryl methyl sites for hydroxylation is 4. The smallest absolute Gasteiger partial charge is 0.272 e. The third-order valence-electron chi connectivity index (χ3n) is 10.8. The molecule has 0 bridgehead atoms. The van der Waals surface area contributed by atoms with Crippen molar-refractivity contribution in [1.82, 2.24) is 29.5 Å².